The van der Waals surface area contributed by atoms with E-state index in [4.69, 9.17) is 0 Å². The maximum atomic E-state index is 13.5. The maximum absolute atomic E-state index is 13.5. The van der Waals surface area contributed by atoms with Crippen molar-refractivity contribution < 1.29 is 9.18 Å². The van der Waals surface area contributed by atoms with Crippen molar-refractivity contribution >= 4 is 22.5 Å². The van der Waals surface area contributed by atoms with E-state index in [-0.39, 0.29) is 18.3 Å². The molecule has 1 amide bonds. The summed E-state index contributed by atoms with van der Waals surface area (Å²) in [4.78, 5) is 18.2. The highest BCUT2D eigenvalue weighted by Gasteiger charge is 2.14. The summed E-state index contributed by atoms with van der Waals surface area (Å²) in [6.45, 7) is 7.26. The Morgan fingerprint density at radius 1 is 1.33 bits per heavy atom. The molecule has 0 spiro atoms. The average molecular weight is 289 g/mol. The van der Waals surface area contributed by atoms with Crippen LogP contribution in [-0.4, -0.2) is 30.5 Å². The molecule has 0 aliphatic heterocycles. The molecule has 2 aromatic rings. The summed E-state index contributed by atoms with van der Waals surface area (Å²) in [5.74, 6) is -0.346. The van der Waals surface area contributed by atoms with Crippen molar-refractivity contribution in [2.24, 2.45) is 0 Å². The highest BCUT2D eigenvalue weighted by Crippen LogP contribution is 2.27. The summed E-state index contributed by atoms with van der Waals surface area (Å²) in [5, 5.41) is 3.51. The van der Waals surface area contributed by atoms with E-state index in [1.54, 1.807) is 6.07 Å². The lowest BCUT2D eigenvalue weighted by molar-refractivity contribution is -0.119. The number of amides is 1. The summed E-state index contributed by atoms with van der Waals surface area (Å²) < 4.78 is 13.5. The number of halogens is 1. The number of aromatic nitrogens is 1. The minimum Gasteiger partial charge on any atom is -0.362 e. The highest BCUT2D eigenvalue weighted by atomic mass is 19.1. The lowest BCUT2D eigenvalue weighted by atomic mass is 10.1. The molecule has 1 heterocycles. The van der Waals surface area contributed by atoms with Crippen LogP contribution in [0.2, 0.25) is 0 Å². The van der Waals surface area contributed by atoms with Gasteiger partial charge in [0, 0.05) is 29.9 Å². The Balaban J connectivity index is 2.46. The summed E-state index contributed by atoms with van der Waals surface area (Å²) in [6.07, 6.45) is 0. The van der Waals surface area contributed by atoms with Crippen LogP contribution in [0.3, 0.4) is 0 Å². The molecule has 0 saturated heterocycles. The zero-order valence-corrected chi connectivity index (χ0v) is 12.6. The molecule has 1 aromatic carbocycles. The van der Waals surface area contributed by atoms with Gasteiger partial charge in [-0.25, -0.2) is 4.39 Å². The van der Waals surface area contributed by atoms with Gasteiger partial charge in [-0.1, -0.05) is 0 Å². The first-order valence-corrected chi connectivity index (χ1v) is 7.13. The fraction of sp³-hybridized carbons (Fsp3) is 0.375. The van der Waals surface area contributed by atoms with E-state index in [0.717, 1.165) is 22.3 Å². The number of carbonyl (C=O) groups is 1. The van der Waals surface area contributed by atoms with Crippen molar-refractivity contribution in [2.45, 2.75) is 20.8 Å². The van der Waals surface area contributed by atoms with Gasteiger partial charge in [-0.2, -0.15) is 0 Å². The van der Waals surface area contributed by atoms with Crippen LogP contribution < -0.4 is 10.2 Å². The van der Waals surface area contributed by atoms with Gasteiger partial charge in [0.25, 0.3) is 0 Å². The van der Waals surface area contributed by atoms with E-state index in [1.807, 2.05) is 31.7 Å². The second kappa shape index (κ2) is 6.52. The number of rotatable bonds is 5. The average Bonchev–Trinajstić information content (AvgIpc) is 2.45. The molecular formula is C16H20FN3O. The van der Waals surface area contributed by atoms with Crippen molar-refractivity contribution in [3.05, 3.63) is 35.8 Å². The monoisotopic (exact) mass is 289 g/mol. The molecule has 0 aliphatic rings. The first-order valence-electron chi connectivity index (χ1n) is 7.13. The standard InChI is InChI=1S/C16H20FN3O/c1-4-18-16(21)10-20(5-2)15-8-11(3)19-14-7-6-12(17)9-13(14)15/h6-9H,4-5,10H2,1-3H3,(H,18,21). The number of pyridine rings is 1. The van der Waals surface area contributed by atoms with Crippen LogP contribution in [0.25, 0.3) is 10.9 Å². The van der Waals surface area contributed by atoms with Gasteiger partial charge in [-0.05, 0) is 45.0 Å². The maximum Gasteiger partial charge on any atom is 0.239 e. The Labute approximate surface area is 124 Å². The predicted octanol–water partition coefficient (Wildman–Crippen LogP) is 2.64. The Morgan fingerprint density at radius 3 is 2.76 bits per heavy atom. The lowest BCUT2D eigenvalue weighted by Gasteiger charge is -2.24. The van der Waals surface area contributed by atoms with Crippen LogP contribution in [0.4, 0.5) is 10.1 Å². The molecule has 0 radical (unpaired) electrons. The Kier molecular flexibility index (Phi) is 4.73. The third-order valence-corrected chi connectivity index (χ3v) is 3.31. The quantitative estimate of drug-likeness (QED) is 0.920. The third-order valence-electron chi connectivity index (χ3n) is 3.31. The van der Waals surface area contributed by atoms with Crippen molar-refractivity contribution in [1.29, 1.82) is 0 Å². The second-order valence-corrected chi connectivity index (χ2v) is 4.91. The van der Waals surface area contributed by atoms with Crippen LogP contribution in [0.1, 0.15) is 19.5 Å². The van der Waals surface area contributed by atoms with Crippen LogP contribution in [0.15, 0.2) is 24.3 Å². The zero-order valence-electron chi connectivity index (χ0n) is 12.6. The molecule has 0 atom stereocenters. The number of carbonyl (C=O) groups excluding carboxylic acids is 1. The van der Waals surface area contributed by atoms with E-state index in [9.17, 15) is 9.18 Å². The molecule has 0 saturated carbocycles. The van der Waals surface area contributed by atoms with E-state index in [1.165, 1.54) is 12.1 Å². The Morgan fingerprint density at radius 2 is 2.10 bits per heavy atom. The zero-order chi connectivity index (χ0) is 15.4. The van der Waals surface area contributed by atoms with E-state index in [0.29, 0.717) is 13.1 Å². The number of benzene rings is 1. The first-order chi connectivity index (χ1) is 10.0. The topological polar surface area (TPSA) is 45.2 Å². The molecule has 0 aliphatic carbocycles. The van der Waals surface area contributed by atoms with Crippen LogP contribution in [0.5, 0.6) is 0 Å². The number of fused-ring (bicyclic) bond motifs is 1. The third kappa shape index (κ3) is 3.48. The first kappa shape index (κ1) is 15.2. The minimum atomic E-state index is -0.302. The molecule has 4 nitrogen and oxygen atoms in total. The molecule has 112 valence electrons. The number of hydrogen-bond acceptors (Lipinski definition) is 3. The van der Waals surface area contributed by atoms with E-state index in [2.05, 4.69) is 10.3 Å². The van der Waals surface area contributed by atoms with Crippen molar-refractivity contribution in [2.75, 3.05) is 24.5 Å². The van der Waals surface area contributed by atoms with Crippen molar-refractivity contribution in [1.82, 2.24) is 10.3 Å². The summed E-state index contributed by atoms with van der Waals surface area (Å²) in [5.41, 5.74) is 2.42. The number of nitrogens with zero attached hydrogens (tertiary/aromatic N) is 2. The molecule has 5 heteroatoms. The summed E-state index contributed by atoms with van der Waals surface area (Å²) >= 11 is 0. The van der Waals surface area contributed by atoms with Gasteiger partial charge in [-0.3, -0.25) is 9.78 Å². The minimum absolute atomic E-state index is 0.0432. The van der Waals surface area contributed by atoms with Gasteiger partial charge in [0.15, 0.2) is 0 Å². The molecule has 21 heavy (non-hydrogen) atoms. The van der Waals surface area contributed by atoms with Crippen LogP contribution in [-0.2, 0) is 4.79 Å². The molecular weight excluding hydrogens is 269 g/mol. The largest absolute Gasteiger partial charge is 0.362 e. The summed E-state index contributed by atoms with van der Waals surface area (Å²) in [7, 11) is 0. The Hall–Kier alpha value is -2.17. The van der Waals surface area contributed by atoms with Crippen molar-refractivity contribution in [3.8, 4) is 0 Å². The molecule has 0 fully saturated rings. The van der Waals surface area contributed by atoms with Gasteiger partial charge in [0.2, 0.25) is 5.91 Å². The number of hydrogen-bond donors (Lipinski definition) is 1. The van der Waals surface area contributed by atoms with E-state index < -0.39 is 0 Å². The number of aryl methyl sites for hydroxylation is 1. The van der Waals surface area contributed by atoms with Crippen molar-refractivity contribution in [3.63, 3.8) is 0 Å². The van der Waals surface area contributed by atoms with Crippen LogP contribution in [0, 0.1) is 12.7 Å². The number of likely N-dealkylation sites (N-methyl/N-ethyl adjacent to an activating group) is 2. The highest BCUT2D eigenvalue weighted by molar-refractivity contribution is 5.94. The van der Waals surface area contributed by atoms with Crippen LogP contribution >= 0.6 is 0 Å². The van der Waals surface area contributed by atoms with Gasteiger partial charge < -0.3 is 10.2 Å². The fourth-order valence-electron chi connectivity index (χ4n) is 2.36. The predicted molar refractivity (Wildman–Crippen MR) is 83.0 cm³/mol. The van der Waals surface area contributed by atoms with Gasteiger partial charge >= 0.3 is 0 Å². The van der Waals surface area contributed by atoms with Gasteiger partial charge in [0.05, 0.1) is 12.1 Å². The molecule has 1 N–H and O–H groups in total. The lowest BCUT2D eigenvalue weighted by Crippen LogP contribution is -2.37. The van der Waals surface area contributed by atoms with E-state index >= 15 is 0 Å². The van der Waals surface area contributed by atoms with Gasteiger partial charge in [-0.15, -0.1) is 0 Å². The molecule has 0 unspecified atom stereocenters. The smallest absolute Gasteiger partial charge is 0.239 e. The number of nitrogens with one attached hydrogen (secondary N) is 1. The Bertz CT molecular complexity index is 657. The second-order valence-electron chi connectivity index (χ2n) is 4.91. The summed E-state index contributed by atoms with van der Waals surface area (Å²) in [6, 6.07) is 6.43. The van der Waals surface area contributed by atoms with Gasteiger partial charge in [0.1, 0.15) is 5.82 Å². The number of anilines is 1. The SMILES string of the molecule is CCNC(=O)CN(CC)c1cc(C)nc2ccc(F)cc12. The molecule has 0 bridgehead atoms. The fourth-order valence-corrected chi connectivity index (χ4v) is 2.36. The molecule has 1 aromatic heterocycles. The normalized spacial score (nSPS) is 10.7. The molecule has 2 rings (SSSR count).